The zero-order valence-electron chi connectivity index (χ0n) is 15.6. The summed E-state index contributed by atoms with van der Waals surface area (Å²) < 4.78 is 14.2. The Balaban J connectivity index is 1.46. The molecule has 2 aliphatic rings. The van der Waals surface area contributed by atoms with Crippen LogP contribution in [0.15, 0.2) is 24.3 Å². The predicted molar refractivity (Wildman–Crippen MR) is 107 cm³/mol. The van der Waals surface area contributed by atoms with E-state index in [4.69, 9.17) is 5.73 Å². The maximum Gasteiger partial charge on any atom is 0.241 e. The second kappa shape index (κ2) is 7.28. The van der Waals surface area contributed by atoms with Crippen LogP contribution in [0, 0.1) is 31.6 Å². The smallest absolute Gasteiger partial charge is 0.241 e. The molecular formula is C20H25FN4OS. The Morgan fingerprint density at radius 3 is 2.30 bits per heavy atom. The average molecular weight is 389 g/mol. The van der Waals surface area contributed by atoms with Gasteiger partial charge in [-0.2, -0.15) is 9.19 Å². The molecule has 2 saturated carbocycles. The van der Waals surface area contributed by atoms with Crippen LogP contribution in [-0.4, -0.2) is 21.1 Å². The third-order valence-corrected chi connectivity index (χ3v) is 6.29. The highest BCUT2D eigenvalue weighted by atomic mass is 32.2. The maximum absolute atomic E-state index is 12.9. The lowest BCUT2D eigenvalue weighted by Crippen LogP contribution is -2.43. The number of anilines is 1. The molecule has 3 N–H and O–H groups in total. The van der Waals surface area contributed by atoms with Crippen LogP contribution in [0.3, 0.4) is 0 Å². The molecule has 1 amide bonds. The summed E-state index contributed by atoms with van der Waals surface area (Å²) in [5.41, 5.74) is 10.4. The van der Waals surface area contributed by atoms with Crippen molar-refractivity contribution in [2.75, 3.05) is 5.32 Å². The summed E-state index contributed by atoms with van der Waals surface area (Å²) in [4.78, 5) is 12.6. The van der Waals surface area contributed by atoms with Gasteiger partial charge in [0.1, 0.15) is 0 Å². The highest BCUT2D eigenvalue weighted by Crippen LogP contribution is 2.50. The van der Waals surface area contributed by atoms with Crippen LogP contribution in [0.5, 0.6) is 0 Å². The number of aromatic nitrogens is 2. The largest absolute Gasteiger partial charge is 0.325 e. The Kier molecular flexibility index (Phi) is 4.99. The summed E-state index contributed by atoms with van der Waals surface area (Å²) in [7, 11) is 0. The van der Waals surface area contributed by atoms with Gasteiger partial charge in [-0.1, -0.05) is 12.1 Å². The van der Waals surface area contributed by atoms with Crippen molar-refractivity contribution in [3.63, 3.8) is 0 Å². The van der Waals surface area contributed by atoms with E-state index < -0.39 is 6.04 Å². The molecule has 1 heterocycles. The van der Waals surface area contributed by atoms with Crippen LogP contribution in [0.25, 0.3) is 11.1 Å². The number of nitrogens with zero attached hydrogens (tertiary/aromatic N) is 2. The lowest BCUT2D eigenvalue weighted by molar-refractivity contribution is -0.118. The summed E-state index contributed by atoms with van der Waals surface area (Å²) in [5, 5.41) is 7.14. The number of rotatable bonds is 7. The fraction of sp³-hybridized carbons (Fsp3) is 0.500. The van der Waals surface area contributed by atoms with Crippen molar-refractivity contribution < 1.29 is 8.68 Å². The Morgan fingerprint density at radius 1 is 1.22 bits per heavy atom. The molecule has 1 aromatic carbocycles. The molecule has 4 rings (SSSR count). The third-order valence-electron chi connectivity index (χ3n) is 5.81. The normalized spacial score (nSPS) is 18.0. The number of hydrogen-bond donors (Lipinski definition) is 2. The van der Waals surface area contributed by atoms with E-state index in [0.717, 1.165) is 28.2 Å². The number of benzene rings is 1. The molecule has 5 nitrogen and oxygen atoms in total. The second-order valence-corrected chi connectivity index (χ2v) is 8.32. The number of aryl methyl sites for hydroxylation is 1. The van der Waals surface area contributed by atoms with Gasteiger partial charge >= 0.3 is 0 Å². The number of nitrogens with two attached hydrogens (primary N) is 1. The van der Waals surface area contributed by atoms with Crippen molar-refractivity contribution in [1.29, 1.82) is 0 Å². The fourth-order valence-corrected chi connectivity index (χ4v) is 4.51. The lowest BCUT2D eigenvalue weighted by Gasteiger charge is -2.23. The molecule has 144 valence electrons. The van der Waals surface area contributed by atoms with Crippen LogP contribution < -0.4 is 11.1 Å². The molecule has 0 bridgehead atoms. The number of nitrogens with one attached hydrogen (secondary N) is 1. The zero-order chi connectivity index (χ0) is 19.1. The van der Waals surface area contributed by atoms with E-state index in [9.17, 15) is 8.68 Å². The predicted octanol–water partition coefficient (Wildman–Crippen LogP) is 4.25. The number of halogens is 1. The molecule has 27 heavy (non-hydrogen) atoms. The Bertz CT molecular complexity index is 830. The first-order valence-corrected chi connectivity index (χ1v) is 10.2. The van der Waals surface area contributed by atoms with Crippen molar-refractivity contribution in [1.82, 2.24) is 9.19 Å². The van der Waals surface area contributed by atoms with E-state index >= 15 is 0 Å². The van der Waals surface area contributed by atoms with Crippen LogP contribution in [0.1, 0.15) is 37.1 Å². The summed E-state index contributed by atoms with van der Waals surface area (Å²) in [6, 6.07) is 7.13. The van der Waals surface area contributed by atoms with Gasteiger partial charge in [-0.05, 0) is 75.0 Å². The molecule has 2 fully saturated rings. The molecule has 0 saturated heterocycles. The summed E-state index contributed by atoms with van der Waals surface area (Å²) in [5.74, 6) is 1.51. The maximum atomic E-state index is 12.9. The van der Waals surface area contributed by atoms with Crippen LogP contribution in [0.2, 0.25) is 0 Å². The molecule has 0 radical (unpaired) electrons. The average Bonchev–Trinajstić information content (AvgIpc) is 3.57. The second-order valence-electron chi connectivity index (χ2n) is 7.83. The van der Waals surface area contributed by atoms with E-state index in [-0.39, 0.29) is 18.2 Å². The minimum absolute atomic E-state index is 0.0919. The lowest BCUT2D eigenvalue weighted by atomic mass is 9.89. The molecule has 0 spiro atoms. The molecule has 7 heteroatoms. The van der Waals surface area contributed by atoms with Crippen molar-refractivity contribution in [3.8, 4) is 11.1 Å². The molecule has 2 aromatic rings. The SMILES string of the molecule is Cc1nn(SF)c(C)c1-c1ccc(NC(=O)C(N)C(C2CC2)C2CC2)cc1. The van der Waals surface area contributed by atoms with E-state index in [1.807, 2.05) is 38.1 Å². The monoisotopic (exact) mass is 388 g/mol. The van der Waals surface area contributed by atoms with Gasteiger partial charge in [-0.3, -0.25) is 4.79 Å². The number of hydrogen-bond acceptors (Lipinski definition) is 4. The van der Waals surface area contributed by atoms with E-state index in [1.54, 1.807) is 0 Å². The van der Waals surface area contributed by atoms with Gasteiger partial charge in [0.15, 0.2) is 12.3 Å². The van der Waals surface area contributed by atoms with Gasteiger partial charge in [0.05, 0.1) is 17.4 Å². The number of carbonyl (C=O) groups excluding carboxylic acids is 1. The van der Waals surface area contributed by atoms with Crippen LogP contribution >= 0.6 is 12.3 Å². The van der Waals surface area contributed by atoms with Crippen molar-refractivity contribution in [3.05, 3.63) is 35.7 Å². The van der Waals surface area contributed by atoms with Crippen molar-refractivity contribution >= 4 is 23.9 Å². The van der Waals surface area contributed by atoms with Crippen LogP contribution in [-0.2, 0) is 4.79 Å². The first-order chi connectivity index (χ1) is 13.0. The Labute approximate surface area is 163 Å². The first-order valence-electron chi connectivity index (χ1n) is 9.51. The molecule has 1 aromatic heterocycles. The fourth-order valence-electron chi connectivity index (χ4n) is 4.16. The molecule has 1 unspecified atom stereocenters. The highest BCUT2D eigenvalue weighted by Gasteiger charge is 2.46. The highest BCUT2D eigenvalue weighted by molar-refractivity contribution is 7.92. The topological polar surface area (TPSA) is 72.9 Å². The molecular weight excluding hydrogens is 363 g/mol. The minimum Gasteiger partial charge on any atom is -0.325 e. The van der Waals surface area contributed by atoms with E-state index in [2.05, 4.69) is 10.4 Å². The van der Waals surface area contributed by atoms with Gasteiger partial charge < -0.3 is 11.1 Å². The first kappa shape index (κ1) is 18.5. The Morgan fingerprint density at radius 2 is 1.81 bits per heavy atom. The molecule has 0 aliphatic heterocycles. The quantitative estimate of drug-likeness (QED) is 0.744. The minimum atomic E-state index is -0.436. The molecule has 2 aliphatic carbocycles. The van der Waals surface area contributed by atoms with Gasteiger partial charge in [-0.15, -0.1) is 3.89 Å². The van der Waals surface area contributed by atoms with Crippen LogP contribution in [0.4, 0.5) is 9.57 Å². The van der Waals surface area contributed by atoms with E-state index in [0.29, 0.717) is 17.8 Å². The third kappa shape index (κ3) is 3.75. The summed E-state index contributed by atoms with van der Waals surface area (Å²) in [6.07, 6.45) is 4.83. The van der Waals surface area contributed by atoms with Crippen molar-refractivity contribution in [2.45, 2.75) is 45.6 Å². The number of carbonyl (C=O) groups is 1. The van der Waals surface area contributed by atoms with Crippen molar-refractivity contribution in [2.24, 2.45) is 23.5 Å². The number of amides is 1. The molecule has 1 atom stereocenters. The van der Waals surface area contributed by atoms with E-state index in [1.165, 1.54) is 29.8 Å². The standard InChI is InChI=1S/C20H25FN4OS/c1-11-17(12(2)25(24-11)27-21)13-7-9-16(10-8-13)23-20(26)19(22)18(14-3-4-14)15-5-6-15/h7-10,14-15,18-19H,3-6,22H2,1-2H3,(H,23,26). The zero-order valence-corrected chi connectivity index (χ0v) is 16.4. The summed E-state index contributed by atoms with van der Waals surface area (Å²) >= 11 is 0.0919. The summed E-state index contributed by atoms with van der Waals surface area (Å²) in [6.45, 7) is 3.70. The van der Waals surface area contributed by atoms with Gasteiger partial charge in [0, 0.05) is 11.3 Å². The van der Waals surface area contributed by atoms with Gasteiger partial charge in [0.2, 0.25) is 5.91 Å². The van der Waals surface area contributed by atoms with Gasteiger partial charge in [0.25, 0.3) is 0 Å². The van der Waals surface area contributed by atoms with Gasteiger partial charge in [-0.25, -0.2) is 0 Å². The Hall–Kier alpha value is -1.86.